The second-order valence-electron chi connectivity index (χ2n) is 5.88. The van der Waals surface area contributed by atoms with Crippen LogP contribution >= 0.6 is 15.9 Å². The molecule has 136 valence electrons. The Bertz CT molecular complexity index is 1040. The van der Waals surface area contributed by atoms with Crippen LogP contribution in [-0.4, -0.2) is 16.4 Å². The number of pyridine rings is 1. The van der Waals surface area contributed by atoms with E-state index in [1.165, 1.54) is 22.8 Å². The monoisotopic (exact) mass is 425 g/mol. The smallest absolute Gasteiger partial charge is 0.263 e. The fourth-order valence-electron chi connectivity index (χ4n) is 2.54. The summed E-state index contributed by atoms with van der Waals surface area (Å²) in [6.45, 7) is 0.362. The van der Waals surface area contributed by atoms with Crippen LogP contribution in [0.4, 0.5) is 5.69 Å². The number of nitrogens with two attached hydrogens (primary N) is 1. The second kappa shape index (κ2) is 8.01. The zero-order valence-electron chi connectivity index (χ0n) is 14.2. The average molecular weight is 426 g/mol. The van der Waals surface area contributed by atoms with Crippen molar-refractivity contribution in [2.45, 2.75) is 6.54 Å². The van der Waals surface area contributed by atoms with Crippen LogP contribution < -0.4 is 16.6 Å². The summed E-state index contributed by atoms with van der Waals surface area (Å²) in [5.41, 5.74) is 6.59. The Morgan fingerprint density at radius 1 is 1.00 bits per heavy atom. The van der Waals surface area contributed by atoms with Crippen molar-refractivity contribution in [2.24, 2.45) is 5.73 Å². The zero-order chi connectivity index (χ0) is 19.4. The molecule has 0 aliphatic rings. The van der Waals surface area contributed by atoms with Gasteiger partial charge in [0.2, 0.25) is 5.91 Å². The molecule has 0 aliphatic heterocycles. The molecule has 2 aromatic carbocycles. The molecule has 0 aliphatic carbocycles. The number of primary amides is 1. The second-order valence-corrected chi connectivity index (χ2v) is 6.79. The summed E-state index contributed by atoms with van der Waals surface area (Å²) in [4.78, 5) is 36.2. The van der Waals surface area contributed by atoms with Crippen molar-refractivity contribution >= 4 is 33.4 Å². The normalized spacial score (nSPS) is 10.4. The van der Waals surface area contributed by atoms with Gasteiger partial charge in [0.25, 0.3) is 11.5 Å². The quantitative estimate of drug-likeness (QED) is 0.657. The maximum absolute atomic E-state index is 12.6. The lowest BCUT2D eigenvalue weighted by Crippen LogP contribution is -2.29. The van der Waals surface area contributed by atoms with Gasteiger partial charge >= 0.3 is 0 Å². The van der Waals surface area contributed by atoms with E-state index in [1.54, 1.807) is 24.4 Å². The Morgan fingerprint density at radius 2 is 1.67 bits per heavy atom. The molecule has 7 heteroatoms. The topological polar surface area (TPSA) is 94.2 Å². The van der Waals surface area contributed by atoms with Crippen molar-refractivity contribution in [3.8, 4) is 0 Å². The van der Waals surface area contributed by atoms with Gasteiger partial charge in [-0.3, -0.25) is 14.4 Å². The zero-order valence-corrected chi connectivity index (χ0v) is 15.8. The molecule has 2 amide bonds. The minimum absolute atomic E-state index is 0.0357. The first-order chi connectivity index (χ1) is 12.9. The number of benzene rings is 2. The number of hydrogen-bond donors (Lipinski definition) is 2. The highest BCUT2D eigenvalue weighted by Crippen LogP contribution is 2.12. The molecule has 0 fully saturated rings. The van der Waals surface area contributed by atoms with Gasteiger partial charge in [0.15, 0.2) is 0 Å². The van der Waals surface area contributed by atoms with Crippen LogP contribution in [0.3, 0.4) is 0 Å². The Labute approximate surface area is 163 Å². The number of carbonyl (C=O) groups is 2. The number of nitrogens with zero attached hydrogens (tertiary/aromatic N) is 1. The molecule has 3 N–H and O–H groups in total. The molecular weight excluding hydrogens is 410 g/mol. The highest BCUT2D eigenvalue weighted by Gasteiger charge is 2.13. The third-order valence-electron chi connectivity index (χ3n) is 3.96. The summed E-state index contributed by atoms with van der Waals surface area (Å²) in [5, 5.41) is 2.65. The van der Waals surface area contributed by atoms with Crippen LogP contribution in [0.15, 0.2) is 76.1 Å². The maximum Gasteiger partial charge on any atom is 0.263 e. The van der Waals surface area contributed by atoms with Crippen LogP contribution in [0.2, 0.25) is 0 Å². The van der Waals surface area contributed by atoms with Crippen molar-refractivity contribution in [3.05, 3.63) is 98.4 Å². The number of hydrogen-bond acceptors (Lipinski definition) is 3. The van der Waals surface area contributed by atoms with E-state index in [1.807, 2.05) is 24.3 Å². The summed E-state index contributed by atoms with van der Waals surface area (Å²) < 4.78 is 2.43. The van der Waals surface area contributed by atoms with E-state index in [0.717, 1.165) is 10.0 Å². The van der Waals surface area contributed by atoms with E-state index in [-0.39, 0.29) is 11.1 Å². The minimum atomic E-state index is -0.549. The highest BCUT2D eigenvalue weighted by molar-refractivity contribution is 9.10. The molecule has 0 saturated carbocycles. The summed E-state index contributed by atoms with van der Waals surface area (Å²) in [6, 6.07) is 16.9. The van der Waals surface area contributed by atoms with E-state index in [0.29, 0.717) is 17.8 Å². The number of halogens is 1. The van der Waals surface area contributed by atoms with E-state index in [9.17, 15) is 14.4 Å². The Kier molecular flexibility index (Phi) is 5.52. The van der Waals surface area contributed by atoms with Crippen LogP contribution in [0.1, 0.15) is 26.3 Å². The number of nitrogens with one attached hydrogen (secondary N) is 1. The van der Waals surface area contributed by atoms with E-state index >= 15 is 0 Å². The first-order valence-electron chi connectivity index (χ1n) is 8.09. The largest absolute Gasteiger partial charge is 0.366 e. The molecule has 1 aromatic heterocycles. The number of amides is 2. The average Bonchev–Trinajstić information content (AvgIpc) is 2.65. The lowest BCUT2D eigenvalue weighted by atomic mass is 10.2. The van der Waals surface area contributed by atoms with Crippen molar-refractivity contribution in [1.82, 2.24) is 4.57 Å². The van der Waals surface area contributed by atoms with Gasteiger partial charge in [0.05, 0.1) is 6.54 Å². The van der Waals surface area contributed by atoms with Crippen LogP contribution in [0.5, 0.6) is 0 Å². The van der Waals surface area contributed by atoms with Crippen molar-refractivity contribution in [1.29, 1.82) is 0 Å². The molecule has 6 nitrogen and oxygen atoms in total. The van der Waals surface area contributed by atoms with Gasteiger partial charge in [-0.2, -0.15) is 0 Å². The maximum atomic E-state index is 12.6. The number of rotatable bonds is 5. The minimum Gasteiger partial charge on any atom is -0.366 e. The predicted octanol–water partition coefficient (Wildman–Crippen LogP) is 3.01. The molecule has 27 heavy (non-hydrogen) atoms. The summed E-state index contributed by atoms with van der Waals surface area (Å²) in [6.07, 6.45) is 1.64. The Morgan fingerprint density at radius 3 is 2.30 bits per heavy atom. The fourth-order valence-corrected chi connectivity index (χ4v) is 2.80. The fraction of sp³-hybridized carbons (Fsp3) is 0.0500. The molecule has 3 aromatic rings. The predicted molar refractivity (Wildman–Crippen MR) is 107 cm³/mol. The van der Waals surface area contributed by atoms with Crippen LogP contribution in [0.25, 0.3) is 0 Å². The molecule has 0 radical (unpaired) electrons. The first kappa shape index (κ1) is 18.6. The van der Waals surface area contributed by atoms with E-state index in [4.69, 9.17) is 5.73 Å². The molecule has 3 rings (SSSR count). The molecular formula is C20H16BrN3O3. The van der Waals surface area contributed by atoms with E-state index in [2.05, 4.69) is 21.2 Å². The third kappa shape index (κ3) is 4.51. The van der Waals surface area contributed by atoms with Gasteiger partial charge in [-0.1, -0.05) is 28.1 Å². The van der Waals surface area contributed by atoms with Crippen LogP contribution in [0, 0.1) is 0 Å². The van der Waals surface area contributed by atoms with Gasteiger partial charge < -0.3 is 15.6 Å². The lowest BCUT2D eigenvalue weighted by Gasteiger charge is -2.09. The van der Waals surface area contributed by atoms with Crippen molar-refractivity contribution in [3.63, 3.8) is 0 Å². The number of carbonyl (C=O) groups excluding carboxylic acids is 2. The summed E-state index contributed by atoms with van der Waals surface area (Å²) in [7, 11) is 0. The SMILES string of the molecule is NC(=O)c1ccc(NC(=O)c2cccn(Cc3ccc(Br)cc3)c2=O)cc1. The number of aromatic nitrogens is 1. The van der Waals surface area contributed by atoms with Gasteiger partial charge in [-0.15, -0.1) is 0 Å². The molecule has 1 heterocycles. The van der Waals surface area contributed by atoms with E-state index < -0.39 is 11.8 Å². The molecule has 0 unspecified atom stereocenters. The summed E-state index contributed by atoms with van der Waals surface area (Å²) >= 11 is 3.37. The molecule has 0 saturated heterocycles. The van der Waals surface area contributed by atoms with Gasteiger partial charge in [0.1, 0.15) is 5.56 Å². The Balaban J connectivity index is 1.80. The molecule has 0 bridgehead atoms. The van der Waals surface area contributed by atoms with Crippen molar-refractivity contribution < 1.29 is 9.59 Å². The van der Waals surface area contributed by atoms with Gasteiger partial charge in [-0.05, 0) is 54.1 Å². The Hall–Kier alpha value is -3.19. The first-order valence-corrected chi connectivity index (χ1v) is 8.88. The standard InChI is InChI=1S/C20H16BrN3O3/c21-15-7-3-13(4-8-15)12-24-11-1-2-17(20(24)27)19(26)23-16-9-5-14(6-10-16)18(22)25/h1-11H,12H2,(H2,22,25)(H,23,26). The lowest BCUT2D eigenvalue weighted by molar-refractivity contribution is 0.0998. The third-order valence-corrected chi connectivity index (χ3v) is 4.49. The van der Waals surface area contributed by atoms with Crippen LogP contribution in [-0.2, 0) is 6.54 Å². The number of anilines is 1. The van der Waals surface area contributed by atoms with Crippen molar-refractivity contribution in [2.75, 3.05) is 5.32 Å². The molecule has 0 spiro atoms. The highest BCUT2D eigenvalue weighted by atomic mass is 79.9. The molecule has 0 atom stereocenters. The van der Waals surface area contributed by atoms with Gasteiger partial charge in [-0.25, -0.2) is 0 Å². The summed E-state index contributed by atoms with van der Waals surface area (Å²) in [5.74, 6) is -1.07. The van der Waals surface area contributed by atoms with Gasteiger partial charge in [0, 0.05) is 21.9 Å².